The van der Waals surface area contributed by atoms with Crippen LogP contribution >= 0.6 is 11.3 Å². The highest BCUT2D eigenvalue weighted by Crippen LogP contribution is 2.27. The first-order valence-electron chi connectivity index (χ1n) is 13.6. The molecule has 4 aromatic heterocycles. The number of aromatic nitrogens is 5. The van der Waals surface area contributed by atoms with Gasteiger partial charge in [0.15, 0.2) is 17.1 Å². The molecule has 220 valence electrons. The standard InChI is InChI=1S/C27H30FN9O4S/c28-18-16-17(40-14-2-1-5-21(29)38)6-7-19(18)35-11-8-34(9-12-35)10-13-36-24-22(42-27(36)39)25-31-23(20-4-3-15-41-20)33-37(25)26(30)32-24/h3-4,6-7,15-16H,1-2,5,8-14H2,(H2,29,38)(H2,30,32). The van der Waals surface area contributed by atoms with Gasteiger partial charge in [0.2, 0.25) is 17.7 Å². The van der Waals surface area contributed by atoms with E-state index in [1.54, 1.807) is 28.8 Å². The summed E-state index contributed by atoms with van der Waals surface area (Å²) in [6.07, 6.45) is 3.16. The smallest absolute Gasteiger partial charge is 0.309 e. The molecule has 0 aliphatic carbocycles. The molecule has 0 unspecified atom stereocenters. The summed E-state index contributed by atoms with van der Waals surface area (Å²) in [5, 5.41) is 4.39. The third-order valence-electron chi connectivity index (χ3n) is 7.22. The summed E-state index contributed by atoms with van der Waals surface area (Å²) in [6.45, 7) is 4.17. The van der Waals surface area contributed by atoms with Crippen LogP contribution in [-0.4, -0.2) is 74.3 Å². The third kappa shape index (κ3) is 5.65. The number of nitrogen functional groups attached to an aromatic ring is 1. The van der Waals surface area contributed by atoms with E-state index in [9.17, 15) is 14.0 Å². The number of rotatable bonds is 11. The minimum atomic E-state index is -0.340. The second kappa shape index (κ2) is 11.8. The van der Waals surface area contributed by atoms with Crippen molar-refractivity contribution in [3.63, 3.8) is 0 Å². The van der Waals surface area contributed by atoms with E-state index in [4.69, 9.17) is 20.6 Å². The fourth-order valence-electron chi connectivity index (χ4n) is 5.01. The van der Waals surface area contributed by atoms with Crippen molar-refractivity contribution >= 4 is 44.9 Å². The number of carbonyl (C=O) groups excluding carboxylic acids is 1. The van der Waals surface area contributed by atoms with E-state index in [1.165, 1.54) is 16.8 Å². The Labute approximate surface area is 243 Å². The number of anilines is 2. The van der Waals surface area contributed by atoms with Crippen molar-refractivity contribution in [2.45, 2.75) is 25.8 Å². The van der Waals surface area contributed by atoms with Crippen LogP contribution < -0.4 is 26.0 Å². The van der Waals surface area contributed by atoms with Gasteiger partial charge in [0, 0.05) is 51.8 Å². The lowest BCUT2D eigenvalue weighted by Crippen LogP contribution is -2.47. The number of fused-ring (bicyclic) bond motifs is 3. The molecule has 4 N–H and O–H groups in total. The van der Waals surface area contributed by atoms with Crippen LogP contribution in [0.3, 0.4) is 0 Å². The normalized spacial score (nSPS) is 14.3. The average Bonchev–Trinajstić information content (AvgIpc) is 3.72. The van der Waals surface area contributed by atoms with Gasteiger partial charge in [-0.15, -0.1) is 5.10 Å². The first kappa shape index (κ1) is 27.7. The number of unbranched alkanes of at least 4 members (excludes halogenated alkanes) is 1. The number of primary amides is 1. The van der Waals surface area contributed by atoms with Crippen molar-refractivity contribution in [2.24, 2.45) is 5.73 Å². The molecular weight excluding hydrogens is 565 g/mol. The highest BCUT2D eigenvalue weighted by Gasteiger charge is 2.22. The second-order valence-electron chi connectivity index (χ2n) is 10.0. The summed E-state index contributed by atoms with van der Waals surface area (Å²) < 4.78 is 29.6. The van der Waals surface area contributed by atoms with Crippen molar-refractivity contribution in [1.82, 2.24) is 29.0 Å². The molecule has 13 nitrogen and oxygen atoms in total. The number of nitrogens with zero attached hydrogens (tertiary/aromatic N) is 7. The number of carbonyl (C=O) groups is 1. The maximum Gasteiger partial charge on any atom is 0.309 e. The van der Waals surface area contributed by atoms with Gasteiger partial charge in [-0.25, -0.2) is 9.37 Å². The minimum absolute atomic E-state index is 0.129. The molecule has 1 aromatic carbocycles. The predicted molar refractivity (Wildman–Crippen MR) is 156 cm³/mol. The van der Waals surface area contributed by atoms with Crippen LogP contribution in [0.25, 0.3) is 27.6 Å². The Balaban J connectivity index is 1.07. The largest absolute Gasteiger partial charge is 0.493 e. The summed E-state index contributed by atoms with van der Waals surface area (Å²) in [5.74, 6) is 0.766. The zero-order valence-corrected chi connectivity index (χ0v) is 23.6. The number of furan rings is 1. The van der Waals surface area contributed by atoms with Gasteiger partial charge < -0.3 is 25.5 Å². The first-order chi connectivity index (χ1) is 20.4. The number of thiazole rings is 1. The van der Waals surface area contributed by atoms with Gasteiger partial charge in [0.1, 0.15) is 16.3 Å². The Hall–Kier alpha value is -4.50. The number of hydrogen-bond donors (Lipinski definition) is 2. The number of halogens is 1. The quantitative estimate of drug-likeness (QED) is 0.217. The molecular formula is C27H30FN9O4S. The molecule has 0 atom stereocenters. The van der Waals surface area contributed by atoms with Crippen LogP contribution in [0.2, 0.25) is 0 Å². The molecule has 1 saturated heterocycles. The van der Waals surface area contributed by atoms with Gasteiger partial charge in [-0.05, 0) is 37.1 Å². The number of hydrogen-bond acceptors (Lipinski definition) is 11. The molecule has 0 radical (unpaired) electrons. The van der Waals surface area contributed by atoms with E-state index < -0.39 is 0 Å². The van der Waals surface area contributed by atoms with Gasteiger partial charge in [-0.3, -0.25) is 19.1 Å². The lowest BCUT2D eigenvalue weighted by molar-refractivity contribution is -0.118. The molecule has 5 heterocycles. The highest BCUT2D eigenvalue weighted by atomic mass is 32.1. The van der Waals surface area contributed by atoms with Crippen molar-refractivity contribution in [1.29, 1.82) is 0 Å². The zero-order valence-electron chi connectivity index (χ0n) is 22.7. The highest BCUT2D eigenvalue weighted by molar-refractivity contribution is 7.17. The third-order valence-corrected chi connectivity index (χ3v) is 8.18. The SMILES string of the molecule is NC(=O)CCCCOc1ccc(N2CCN(CCn3c(=O)sc4c3nc(N)n3nc(-c5ccco5)nc43)CC2)c(F)c1. The van der Waals surface area contributed by atoms with Gasteiger partial charge in [-0.2, -0.15) is 9.50 Å². The van der Waals surface area contributed by atoms with Gasteiger partial charge in [0.05, 0.1) is 18.6 Å². The number of benzene rings is 1. The van der Waals surface area contributed by atoms with E-state index in [1.807, 2.05) is 4.90 Å². The van der Waals surface area contributed by atoms with Crippen LogP contribution in [0.5, 0.6) is 5.75 Å². The number of piperazine rings is 1. The number of nitrogens with two attached hydrogens (primary N) is 2. The van der Waals surface area contributed by atoms with E-state index in [0.717, 1.165) is 11.3 Å². The minimum Gasteiger partial charge on any atom is -0.493 e. The van der Waals surface area contributed by atoms with Crippen LogP contribution in [-0.2, 0) is 11.3 Å². The Morgan fingerprint density at radius 2 is 1.93 bits per heavy atom. The topological polar surface area (TPSA) is 163 Å². The molecule has 6 rings (SSSR count). The second-order valence-corrected chi connectivity index (χ2v) is 11.0. The average molecular weight is 596 g/mol. The van der Waals surface area contributed by atoms with Gasteiger partial charge in [-0.1, -0.05) is 11.3 Å². The van der Waals surface area contributed by atoms with Crippen LogP contribution in [0, 0.1) is 5.82 Å². The lowest BCUT2D eigenvalue weighted by Gasteiger charge is -2.36. The maximum atomic E-state index is 14.9. The monoisotopic (exact) mass is 595 g/mol. The maximum absolute atomic E-state index is 14.9. The van der Waals surface area contributed by atoms with Crippen molar-refractivity contribution in [2.75, 3.05) is 50.0 Å². The fourth-order valence-corrected chi connectivity index (χ4v) is 5.95. The molecule has 1 fully saturated rings. The molecule has 15 heteroatoms. The van der Waals surface area contributed by atoms with Crippen LogP contribution in [0.1, 0.15) is 19.3 Å². The molecule has 42 heavy (non-hydrogen) atoms. The zero-order chi connectivity index (χ0) is 29.2. The molecule has 1 amide bonds. The van der Waals surface area contributed by atoms with Crippen LogP contribution in [0.4, 0.5) is 16.0 Å². The molecule has 1 aliphatic rings. The number of amides is 1. The van der Waals surface area contributed by atoms with E-state index in [-0.39, 0.29) is 22.5 Å². The summed E-state index contributed by atoms with van der Waals surface area (Å²) in [6, 6.07) is 8.38. The predicted octanol–water partition coefficient (Wildman–Crippen LogP) is 2.34. The molecule has 0 bridgehead atoms. The Bertz CT molecular complexity index is 1770. The van der Waals surface area contributed by atoms with E-state index in [0.29, 0.717) is 104 Å². The van der Waals surface area contributed by atoms with Crippen molar-refractivity contribution in [3.8, 4) is 17.3 Å². The Morgan fingerprint density at radius 1 is 1.10 bits per heavy atom. The summed E-state index contributed by atoms with van der Waals surface area (Å²) in [5.41, 5.74) is 12.8. The Kier molecular flexibility index (Phi) is 7.75. The summed E-state index contributed by atoms with van der Waals surface area (Å²) in [7, 11) is 0. The van der Waals surface area contributed by atoms with Crippen molar-refractivity contribution in [3.05, 3.63) is 52.1 Å². The first-order valence-corrected chi connectivity index (χ1v) is 14.5. The van der Waals surface area contributed by atoms with Gasteiger partial charge >= 0.3 is 4.87 Å². The van der Waals surface area contributed by atoms with Crippen molar-refractivity contribution < 1.29 is 18.3 Å². The number of ether oxygens (including phenoxy) is 1. The molecule has 1 aliphatic heterocycles. The van der Waals surface area contributed by atoms with E-state index in [2.05, 4.69) is 20.0 Å². The van der Waals surface area contributed by atoms with Gasteiger partial charge in [0.25, 0.3) is 0 Å². The van der Waals surface area contributed by atoms with Crippen LogP contribution in [0.15, 0.2) is 45.8 Å². The van der Waals surface area contributed by atoms with E-state index >= 15 is 0 Å². The summed E-state index contributed by atoms with van der Waals surface area (Å²) >= 11 is 1.06. The fraction of sp³-hybridized carbons (Fsp3) is 0.370. The Morgan fingerprint density at radius 3 is 2.67 bits per heavy atom. The molecule has 5 aromatic rings. The molecule has 0 saturated carbocycles. The molecule has 0 spiro atoms. The lowest BCUT2D eigenvalue weighted by atomic mass is 10.2. The summed E-state index contributed by atoms with van der Waals surface area (Å²) in [4.78, 5) is 36.9.